The summed E-state index contributed by atoms with van der Waals surface area (Å²) in [6, 6.07) is 3.26. The highest BCUT2D eigenvalue weighted by atomic mass is 79.9. The van der Waals surface area contributed by atoms with Gasteiger partial charge >= 0.3 is 0 Å². The Morgan fingerprint density at radius 1 is 1.43 bits per heavy atom. The molecule has 2 amide bonds. The molecule has 21 heavy (non-hydrogen) atoms. The monoisotopic (exact) mass is 371 g/mol. The van der Waals surface area contributed by atoms with Gasteiger partial charge in [-0.2, -0.15) is 0 Å². The molecular formula is C14H14BrNO4S. The molecule has 0 aromatic heterocycles. The fourth-order valence-electron chi connectivity index (χ4n) is 1.90. The highest BCUT2D eigenvalue weighted by Crippen LogP contribution is 2.38. The Bertz CT molecular complexity index is 630. The minimum Gasteiger partial charge on any atom is -0.503 e. The first-order chi connectivity index (χ1) is 9.97. The first kappa shape index (κ1) is 15.9. The number of amides is 2. The predicted molar refractivity (Wildman–Crippen MR) is 85.3 cm³/mol. The second-order valence-electron chi connectivity index (χ2n) is 4.39. The van der Waals surface area contributed by atoms with Crippen molar-refractivity contribution in [3.05, 3.63) is 27.1 Å². The van der Waals surface area contributed by atoms with Crippen molar-refractivity contribution in [3.63, 3.8) is 0 Å². The van der Waals surface area contributed by atoms with E-state index in [0.29, 0.717) is 27.2 Å². The van der Waals surface area contributed by atoms with E-state index >= 15 is 0 Å². The minimum absolute atomic E-state index is 0.00580. The number of phenolic OH excluding ortho intramolecular Hbond substituents is 1. The molecule has 0 spiro atoms. The highest BCUT2D eigenvalue weighted by molar-refractivity contribution is 9.10. The number of halogens is 1. The molecule has 1 fully saturated rings. The van der Waals surface area contributed by atoms with E-state index in [-0.39, 0.29) is 16.9 Å². The second kappa shape index (κ2) is 6.53. The van der Waals surface area contributed by atoms with Crippen LogP contribution in [-0.2, 0) is 4.79 Å². The van der Waals surface area contributed by atoms with Crippen molar-refractivity contribution >= 4 is 44.9 Å². The van der Waals surface area contributed by atoms with Crippen LogP contribution in [0.4, 0.5) is 4.79 Å². The molecule has 112 valence electrons. The van der Waals surface area contributed by atoms with Crippen LogP contribution in [0, 0.1) is 0 Å². The number of nitrogens with zero attached hydrogens (tertiary/aromatic N) is 1. The SMILES string of the molecule is CCCN1C(=O)S/C(=C/c2cc(Br)c(O)c(OC)c2)C1=O. The average Bonchev–Trinajstić information content (AvgIpc) is 2.70. The Labute approximate surface area is 135 Å². The van der Waals surface area contributed by atoms with Gasteiger partial charge in [-0.1, -0.05) is 6.92 Å². The Morgan fingerprint density at radius 2 is 2.14 bits per heavy atom. The van der Waals surface area contributed by atoms with Crippen molar-refractivity contribution in [2.45, 2.75) is 13.3 Å². The van der Waals surface area contributed by atoms with Crippen molar-refractivity contribution in [2.24, 2.45) is 0 Å². The van der Waals surface area contributed by atoms with Gasteiger partial charge in [-0.05, 0) is 57.9 Å². The molecule has 1 aliphatic heterocycles. The van der Waals surface area contributed by atoms with Gasteiger partial charge in [0.2, 0.25) is 0 Å². The molecule has 0 aliphatic carbocycles. The minimum atomic E-state index is -0.282. The number of carbonyl (C=O) groups excluding carboxylic acids is 2. The van der Waals surface area contributed by atoms with Gasteiger partial charge in [0, 0.05) is 6.54 Å². The van der Waals surface area contributed by atoms with Crippen molar-refractivity contribution in [1.82, 2.24) is 4.90 Å². The van der Waals surface area contributed by atoms with Crippen LogP contribution < -0.4 is 4.74 Å². The van der Waals surface area contributed by atoms with Crippen molar-refractivity contribution in [3.8, 4) is 11.5 Å². The van der Waals surface area contributed by atoms with E-state index in [0.717, 1.165) is 18.2 Å². The van der Waals surface area contributed by atoms with Crippen LogP contribution in [0.15, 0.2) is 21.5 Å². The Kier molecular flexibility index (Phi) is 4.95. The molecular weight excluding hydrogens is 358 g/mol. The molecule has 0 unspecified atom stereocenters. The Morgan fingerprint density at radius 3 is 2.76 bits per heavy atom. The van der Waals surface area contributed by atoms with Crippen LogP contribution >= 0.6 is 27.7 Å². The topological polar surface area (TPSA) is 66.8 Å². The number of rotatable bonds is 4. The number of imide groups is 1. The standard InChI is InChI=1S/C14H14BrNO4S/c1-3-4-16-13(18)11(21-14(16)19)7-8-5-9(15)12(17)10(6-8)20-2/h5-7,17H,3-4H2,1-2H3/b11-7+. The zero-order valence-electron chi connectivity index (χ0n) is 11.6. The number of carbonyl (C=O) groups is 2. The van der Waals surface area contributed by atoms with Crippen molar-refractivity contribution in [1.29, 1.82) is 0 Å². The number of hydrogen-bond acceptors (Lipinski definition) is 5. The maximum Gasteiger partial charge on any atom is 0.293 e. The highest BCUT2D eigenvalue weighted by Gasteiger charge is 2.34. The van der Waals surface area contributed by atoms with Gasteiger partial charge in [-0.25, -0.2) is 0 Å². The number of aromatic hydroxyl groups is 1. The van der Waals surface area contributed by atoms with E-state index in [9.17, 15) is 14.7 Å². The Hall–Kier alpha value is -1.47. The third kappa shape index (κ3) is 3.24. The van der Waals surface area contributed by atoms with Crippen LogP contribution in [0.3, 0.4) is 0 Å². The van der Waals surface area contributed by atoms with Crippen LogP contribution in [0.25, 0.3) is 6.08 Å². The molecule has 1 aromatic rings. The smallest absolute Gasteiger partial charge is 0.293 e. The fraction of sp³-hybridized carbons (Fsp3) is 0.286. The van der Waals surface area contributed by atoms with E-state index < -0.39 is 0 Å². The van der Waals surface area contributed by atoms with E-state index in [1.165, 1.54) is 12.0 Å². The molecule has 0 bridgehead atoms. The van der Waals surface area contributed by atoms with Crippen molar-refractivity contribution in [2.75, 3.05) is 13.7 Å². The number of hydrogen-bond donors (Lipinski definition) is 1. The van der Waals surface area contributed by atoms with Crippen molar-refractivity contribution < 1.29 is 19.4 Å². The molecule has 5 nitrogen and oxygen atoms in total. The zero-order chi connectivity index (χ0) is 15.6. The fourth-order valence-corrected chi connectivity index (χ4v) is 3.23. The lowest BCUT2D eigenvalue weighted by Crippen LogP contribution is -2.28. The summed E-state index contributed by atoms with van der Waals surface area (Å²) in [5, 5.41) is 9.51. The lowest BCUT2D eigenvalue weighted by molar-refractivity contribution is -0.122. The molecule has 1 saturated heterocycles. The molecule has 1 aliphatic rings. The molecule has 2 rings (SSSR count). The number of thioether (sulfide) groups is 1. The normalized spacial score (nSPS) is 16.9. The summed E-state index contributed by atoms with van der Waals surface area (Å²) in [5.41, 5.74) is 0.665. The zero-order valence-corrected chi connectivity index (χ0v) is 14.0. The first-order valence-corrected chi connectivity index (χ1v) is 7.90. The number of ether oxygens (including phenoxy) is 1. The Balaban J connectivity index is 2.35. The van der Waals surface area contributed by atoms with Gasteiger partial charge in [0.05, 0.1) is 16.5 Å². The lowest BCUT2D eigenvalue weighted by Gasteiger charge is -2.09. The first-order valence-electron chi connectivity index (χ1n) is 6.29. The maximum absolute atomic E-state index is 12.1. The average molecular weight is 372 g/mol. The molecule has 0 saturated carbocycles. The quantitative estimate of drug-likeness (QED) is 0.818. The summed E-state index contributed by atoms with van der Waals surface area (Å²) >= 11 is 4.14. The third-order valence-electron chi connectivity index (χ3n) is 2.89. The number of benzene rings is 1. The molecule has 0 atom stereocenters. The van der Waals surface area contributed by atoms with Crippen LogP contribution in [0.1, 0.15) is 18.9 Å². The van der Waals surface area contributed by atoms with Gasteiger partial charge in [0.25, 0.3) is 11.1 Å². The molecule has 1 heterocycles. The summed E-state index contributed by atoms with van der Waals surface area (Å²) < 4.78 is 5.52. The second-order valence-corrected chi connectivity index (χ2v) is 6.23. The van der Waals surface area contributed by atoms with E-state index in [4.69, 9.17) is 4.74 Å². The molecule has 1 N–H and O–H groups in total. The van der Waals surface area contributed by atoms with E-state index in [1.54, 1.807) is 18.2 Å². The number of phenols is 1. The van der Waals surface area contributed by atoms with Crippen LogP contribution in [-0.4, -0.2) is 34.8 Å². The lowest BCUT2D eigenvalue weighted by atomic mass is 10.2. The summed E-state index contributed by atoms with van der Waals surface area (Å²) in [6.07, 6.45) is 2.34. The van der Waals surface area contributed by atoms with Gasteiger partial charge in [0.1, 0.15) is 0 Å². The van der Waals surface area contributed by atoms with Crippen LogP contribution in [0.2, 0.25) is 0 Å². The summed E-state index contributed by atoms with van der Waals surface area (Å²) in [5.74, 6) is 0.00663. The number of methoxy groups -OCH3 is 1. The molecule has 0 radical (unpaired) electrons. The summed E-state index contributed by atoms with van der Waals surface area (Å²) in [4.78, 5) is 25.5. The third-order valence-corrected chi connectivity index (χ3v) is 4.40. The maximum atomic E-state index is 12.1. The van der Waals surface area contributed by atoms with E-state index in [1.807, 2.05) is 6.92 Å². The van der Waals surface area contributed by atoms with Gasteiger partial charge < -0.3 is 9.84 Å². The molecule has 7 heteroatoms. The van der Waals surface area contributed by atoms with E-state index in [2.05, 4.69) is 15.9 Å². The summed E-state index contributed by atoms with van der Waals surface area (Å²) in [7, 11) is 1.44. The van der Waals surface area contributed by atoms with Crippen LogP contribution in [0.5, 0.6) is 11.5 Å². The van der Waals surface area contributed by atoms with Gasteiger partial charge in [-0.15, -0.1) is 0 Å². The predicted octanol–water partition coefficient (Wildman–Crippen LogP) is 3.61. The molecule has 1 aromatic carbocycles. The van der Waals surface area contributed by atoms with Gasteiger partial charge in [0.15, 0.2) is 11.5 Å². The van der Waals surface area contributed by atoms with Gasteiger partial charge in [-0.3, -0.25) is 14.5 Å². The largest absolute Gasteiger partial charge is 0.503 e. The summed E-state index contributed by atoms with van der Waals surface area (Å²) in [6.45, 7) is 2.33.